The van der Waals surface area contributed by atoms with Crippen molar-refractivity contribution in [3.05, 3.63) is 0 Å². The van der Waals surface area contributed by atoms with Crippen molar-refractivity contribution in [2.75, 3.05) is 6.54 Å². The summed E-state index contributed by atoms with van der Waals surface area (Å²) in [6.45, 7) is 6.18. The lowest BCUT2D eigenvalue weighted by atomic mass is 10.1. The Balaban J connectivity index is 2.25. The van der Waals surface area contributed by atoms with E-state index in [9.17, 15) is 4.79 Å². The molecule has 1 aliphatic heterocycles. The van der Waals surface area contributed by atoms with Crippen LogP contribution < -0.4 is 16.4 Å². The molecule has 4 N–H and O–H groups in total. The van der Waals surface area contributed by atoms with Gasteiger partial charge in [0.25, 0.3) is 0 Å². The highest BCUT2D eigenvalue weighted by molar-refractivity contribution is 5.68. The van der Waals surface area contributed by atoms with Crippen LogP contribution in [0.1, 0.15) is 20.8 Å². The summed E-state index contributed by atoms with van der Waals surface area (Å²) in [6.07, 6.45) is -0.554. The van der Waals surface area contributed by atoms with E-state index in [2.05, 4.69) is 10.6 Å². The first kappa shape index (κ1) is 10.3. The minimum absolute atomic E-state index is 0.00477. The van der Waals surface area contributed by atoms with Crippen LogP contribution in [-0.2, 0) is 4.74 Å². The van der Waals surface area contributed by atoms with Gasteiger partial charge >= 0.3 is 6.09 Å². The molecule has 1 saturated heterocycles. The highest BCUT2D eigenvalue weighted by atomic mass is 16.6. The van der Waals surface area contributed by atoms with Gasteiger partial charge in [-0.25, -0.2) is 4.79 Å². The number of ether oxygens (including phenoxy) is 1. The van der Waals surface area contributed by atoms with Crippen LogP contribution in [-0.4, -0.2) is 30.4 Å². The Morgan fingerprint density at radius 1 is 1.62 bits per heavy atom. The van der Waals surface area contributed by atoms with Crippen LogP contribution in [0.5, 0.6) is 0 Å². The first-order chi connectivity index (χ1) is 5.88. The first-order valence-corrected chi connectivity index (χ1v) is 4.37. The molecule has 0 aliphatic carbocycles. The molecule has 1 fully saturated rings. The molecule has 76 valence electrons. The summed E-state index contributed by atoms with van der Waals surface area (Å²) in [5.74, 6) is 0. The van der Waals surface area contributed by atoms with Crippen LogP contribution >= 0.6 is 0 Å². The maximum Gasteiger partial charge on any atom is 0.408 e. The monoisotopic (exact) mass is 187 g/mol. The topological polar surface area (TPSA) is 76.4 Å². The van der Waals surface area contributed by atoms with Crippen molar-refractivity contribution < 1.29 is 9.53 Å². The average molecular weight is 187 g/mol. The van der Waals surface area contributed by atoms with Crippen molar-refractivity contribution in [1.29, 1.82) is 0 Å². The Bertz CT molecular complexity index is 200. The van der Waals surface area contributed by atoms with Gasteiger partial charge in [0.15, 0.2) is 0 Å². The molecule has 5 heteroatoms. The maximum absolute atomic E-state index is 11.2. The van der Waals surface area contributed by atoms with E-state index >= 15 is 0 Å². The van der Waals surface area contributed by atoms with E-state index in [1.54, 1.807) is 0 Å². The van der Waals surface area contributed by atoms with Gasteiger partial charge in [0.05, 0.1) is 12.2 Å². The SMILES string of the molecule is CC(C)(C)OC(=O)N[C@@H]1CN[C@@H]1N. The number of carbonyl (C=O) groups excluding carboxylic acids is 1. The fourth-order valence-corrected chi connectivity index (χ4v) is 0.972. The number of amides is 1. The molecule has 1 amide bonds. The molecular formula is C8H17N3O2. The van der Waals surface area contributed by atoms with Gasteiger partial charge in [-0.05, 0) is 20.8 Å². The molecule has 0 bridgehead atoms. The van der Waals surface area contributed by atoms with Crippen LogP contribution in [0.2, 0.25) is 0 Å². The third kappa shape index (κ3) is 3.20. The number of carbonyl (C=O) groups is 1. The highest BCUT2D eigenvalue weighted by Crippen LogP contribution is 2.07. The Kier molecular flexibility index (Phi) is 2.77. The van der Waals surface area contributed by atoms with Crippen LogP contribution in [0.3, 0.4) is 0 Å². The quantitative estimate of drug-likeness (QED) is 0.530. The summed E-state index contributed by atoms with van der Waals surface area (Å²) in [5, 5.41) is 5.61. The van der Waals surface area contributed by atoms with Gasteiger partial charge in [-0.3, -0.25) is 5.32 Å². The molecule has 0 unspecified atom stereocenters. The summed E-state index contributed by atoms with van der Waals surface area (Å²) in [5.41, 5.74) is 5.10. The Hall–Kier alpha value is -0.810. The van der Waals surface area contributed by atoms with Crippen LogP contribution in [0, 0.1) is 0 Å². The van der Waals surface area contributed by atoms with Crippen molar-refractivity contribution in [1.82, 2.24) is 10.6 Å². The zero-order valence-electron chi connectivity index (χ0n) is 8.26. The molecule has 0 radical (unpaired) electrons. The number of hydrogen-bond acceptors (Lipinski definition) is 4. The molecule has 1 heterocycles. The van der Waals surface area contributed by atoms with Crippen LogP contribution in [0.15, 0.2) is 0 Å². The molecular weight excluding hydrogens is 170 g/mol. The van der Waals surface area contributed by atoms with Crippen LogP contribution in [0.4, 0.5) is 4.79 Å². The van der Waals surface area contributed by atoms with Crippen molar-refractivity contribution in [2.45, 2.75) is 38.6 Å². The molecule has 13 heavy (non-hydrogen) atoms. The summed E-state index contributed by atoms with van der Waals surface area (Å²) in [7, 11) is 0. The van der Waals surface area contributed by atoms with E-state index in [-0.39, 0.29) is 12.2 Å². The Morgan fingerprint density at radius 2 is 2.23 bits per heavy atom. The third-order valence-corrected chi connectivity index (χ3v) is 1.71. The Morgan fingerprint density at radius 3 is 2.54 bits per heavy atom. The lowest BCUT2D eigenvalue weighted by Gasteiger charge is -2.35. The van der Waals surface area contributed by atoms with E-state index in [1.165, 1.54) is 0 Å². The number of alkyl carbamates (subject to hydrolysis) is 1. The van der Waals surface area contributed by atoms with Crippen molar-refractivity contribution >= 4 is 6.09 Å². The van der Waals surface area contributed by atoms with E-state index in [1.807, 2.05) is 20.8 Å². The molecule has 0 saturated carbocycles. The zero-order valence-corrected chi connectivity index (χ0v) is 8.26. The zero-order chi connectivity index (χ0) is 10.1. The second-order valence-corrected chi connectivity index (χ2v) is 4.19. The van der Waals surface area contributed by atoms with Gasteiger partial charge in [0.2, 0.25) is 0 Å². The summed E-state index contributed by atoms with van der Waals surface area (Å²) in [6, 6.07) is -0.00477. The average Bonchev–Trinajstić information content (AvgIpc) is 1.94. The summed E-state index contributed by atoms with van der Waals surface area (Å²) in [4.78, 5) is 11.2. The predicted octanol–water partition coefficient (Wildman–Crippen LogP) is -0.232. The number of nitrogens with two attached hydrogens (primary N) is 1. The predicted molar refractivity (Wildman–Crippen MR) is 49.1 cm³/mol. The fourth-order valence-electron chi connectivity index (χ4n) is 0.972. The van der Waals surface area contributed by atoms with E-state index in [0.29, 0.717) is 6.54 Å². The van der Waals surface area contributed by atoms with Crippen molar-refractivity contribution in [2.24, 2.45) is 5.73 Å². The lowest BCUT2D eigenvalue weighted by molar-refractivity contribution is 0.0465. The normalized spacial score (nSPS) is 27.7. The fraction of sp³-hybridized carbons (Fsp3) is 0.875. The van der Waals surface area contributed by atoms with Gasteiger partial charge in [-0.2, -0.15) is 0 Å². The van der Waals surface area contributed by atoms with Gasteiger partial charge in [-0.1, -0.05) is 0 Å². The molecule has 5 nitrogen and oxygen atoms in total. The number of nitrogens with one attached hydrogen (secondary N) is 2. The second kappa shape index (κ2) is 3.51. The molecule has 1 rings (SSSR count). The maximum atomic E-state index is 11.2. The van der Waals surface area contributed by atoms with Crippen molar-refractivity contribution in [3.63, 3.8) is 0 Å². The molecule has 0 aromatic rings. The molecule has 0 spiro atoms. The van der Waals surface area contributed by atoms with Gasteiger partial charge in [0.1, 0.15) is 5.60 Å². The largest absolute Gasteiger partial charge is 0.444 e. The van der Waals surface area contributed by atoms with E-state index < -0.39 is 11.7 Å². The number of rotatable bonds is 1. The van der Waals surface area contributed by atoms with Crippen LogP contribution in [0.25, 0.3) is 0 Å². The minimum Gasteiger partial charge on any atom is -0.444 e. The summed E-state index contributed by atoms with van der Waals surface area (Å²) >= 11 is 0. The van der Waals surface area contributed by atoms with Gasteiger partial charge in [-0.15, -0.1) is 0 Å². The molecule has 2 atom stereocenters. The van der Waals surface area contributed by atoms with E-state index in [0.717, 1.165) is 0 Å². The molecule has 0 aromatic carbocycles. The first-order valence-electron chi connectivity index (χ1n) is 4.37. The van der Waals surface area contributed by atoms with Gasteiger partial charge in [0, 0.05) is 6.54 Å². The molecule has 1 aliphatic rings. The highest BCUT2D eigenvalue weighted by Gasteiger charge is 2.29. The Labute approximate surface area is 78.0 Å². The third-order valence-electron chi connectivity index (χ3n) is 1.71. The van der Waals surface area contributed by atoms with Crippen molar-refractivity contribution in [3.8, 4) is 0 Å². The lowest BCUT2D eigenvalue weighted by Crippen LogP contribution is -2.69. The van der Waals surface area contributed by atoms with Gasteiger partial charge < -0.3 is 15.8 Å². The standard InChI is InChI=1S/C8H17N3O2/c1-8(2,3)13-7(12)11-5-4-10-6(5)9/h5-6,10H,4,9H2,1-3H3,(H,11,12)/t5-,6+/m1/s1. The molecule has 0 aromatic heterocycles. The minimum atomic E-state index is -0.453. The second-order valence-electron chi connectivity index (χ2n) is 4.19. The van der Waals surface area contributed by atoms with E-state index in [4.69, 9.17) is 10.5 Å². The smallest absolute Gasteiger partial charge is 0.408 e. The number of hydrogen-bond donors (Lipinski definition) is 3. The summed E-state index contributed by atoms with van der Waals surface area (Å²) < 4.78 is 5.06.